The zero-order chi connectivity index (χ0) is 15.4. The number of fused-ring (bicyclic) bond motifs is 1. The van der Waals surface area contributed by atoms with Crippen molar-refractivity contribution in [2.45, 2.75) is 32.3 Å². The molecule has 0 saturated heterocycles. The van der Waals surface area contributed by atoms with Gasteiger partial charge in [0.1, 0.15) is 11.6 Å². The molecule has 0 radical (unpaired) electrons. The number of hydrogen-bond donors (Lipinski definition) is 1. The van der Waals surface area contributed by atoms with Crippen LogP contribution >= 0.6 is 11.3 Å². The minimum absolute atomic E-state index is 0.185. The van der Waals surface area contributed by atoms with Gasteiger partial charge in [0.05, 0.1) is 0 Å². The first-order chi connectivity index (χ1) is 10.8. The topological polar surface area (TPSA) is 73.3 Å². The van der Waals surface area contributed by atoms with E-state index in [-0.39, 0.29) is 12.5 Å². The second-order valence-corrected chi connectivity index (χ2v) is 6.02. The summed E-state index contributed by atoms with van der Waals surface area (Å²) in [6.07, 6.45) is 2.38. The summed E-state index contributed by atoms with van der Waals surface area (Å²) in [7, 11) is 0. The van der Waals surface area contributed by atoms with Gasteiger partial charge in [0.15, 0.2) is 11.5 Å². The quantitative estimate of drug-likeness (QED) is 0.917. The smallest absolute Gasteiger partial charge is 0.270 e. The summed E-state index contributed by atoms with van der Waals surface area (Å²) in [6, 6.07) is 7.30. The molecule has 0 unspecified atom stereocenters. The number of carbonyl (C=O) groups is 1. The lowest BCUT2D eigenvalue weighted by atomic mass is 10.2. The fourth-order valence-corrected chi connectivity index (χ4v) is 2.85. The molecule has 1 aliphatic heterocycles. The Kier molecular flexibility index (Phi) is 4.53. The average Bonchev–Trinajstić information content (AvgIpc) is 2.99. The molecule has 1 aliphatic rings. The van der Waals surface area contributed by atoms with Crippen molar-refractivity contribution in [3.63, 3.8) is 0 Å². The maximum absolute atomic E-state index is 12.2. The molecule has 1 amide bonds. The summed E-state index contributed by atoms with van der Waals surface area (Å²) in [5, 5.41) is 12.2. The Morgan fingerprint density at radius 2 is 2.18 bits per heavy atom. The Balaban J connectivity index is 1.60. The Hall–Kier alpha value is -2.15. The summed E-state index contributed by atoms with van der Waals surface area (Å²) in [6.45, 7) is 2.31. The lowest BCUT2D eigenvalue weighted by Crippen LogP contribution is -2.40. The molecule has 3 rings (SSSR count). The van der Waals surface area contributed by atoms with Crippen molar-refractivity contribution in [3.05, 3.63) is 29.3 Å². The largest absolute Gasteiger partial charge is 0.485 e. The number of benzene rings is 1. The lowest BCUT2D eigenvalue weighted by molar-refractivity contribution is -0.125. The maximum atomic E-state index is 12.2. The van der Waals surface area contributed by atoms with Crippen molar-refractivity contribution in [2.24, 2.45) is 0 Å². The van der Waals surface area contributed by atoms with Gasteiger partial charge in [-0.05, 0) is 18.6 Å². The lowest BCUT2D eigenvalue weighted by Gasteiger charge is -2.25. The number of aryl methyl sites for hydroxylation is 1. The van der Waals surface area contributed by atoms with E-state index >= 15 is 0 Å². The van der Waals surface area contributed by atoms with Gasteiger partial charge in [-0.1, -0.05) is 36.8 Å². The SMILES string of the molecule is CCCCc1nnc(NC(=O)[C@@H]2COc3ccccc3O2)s1. The van der Waals surface area contributed by atoms with Crippen molar-refractivity contribution in [2.75, 3.05) is 11.9 Å². The molecule has 1 aromatic heterocycles. The van der Waals surface area contributed by atoms with Gasteiger partial charge in [0.25, 0.3) is 5.91 Å². The fraction of sp³-hybridized carbons (Fsp3) is 0.400. The van der Waals surface area contributed by atoms with Gasteiger partial charge in [-0.15, -0.1) is 10.2 Å². The Bertz CT molecular complexity index is 659. The van der Waals surface area contributed by atoms with Gasteiger partial charge < -0.3 is 9.47 Å². The molecule has 2 heterocycles. The van der Waals surface area contributed by atoms with Crippen molar-refractivity contribution in [1.29, 1.82) is 0 Å². The van der Waals surface area contributed by atoms with E-state index in [0.29, 0.717) is 16.6 Å². The highest BCUT2D eigenvalue weighted by Crippen LogP contribution is 2.31. The molecular formula is C15H17N3O3S. The van der Waals surface area contributed by atoms with E-state index in [1.807, 2.05) is 18.2 Å². The molecule has 0 bridgehead atoms. The van der Waals surface area contributed by atoms with E-state index in [0.717, 1.165) is 24.3 Å². The van der Waals surface area contributed by atoms with Gasteiger partial charge in [-0.3, -0.25) is 10.1 Å². The molecule has 2 aromatic rings. The van der Waals surface area contributed by atoms with E-state index in [9.17, 15) is 4.79 Å². The molecular weight excluding hydrogens is 302 g/mol. The number of hydrogen-bond acceptors (Lipinski definition) is 6. The molecule has 6 nitrogen and oxygen atoms in total. The number of rotatable bonds is 5. The normalized spacial score (nSPS) is 16.3. The van der Waals surface area contributed by atoms with Gasteiger partial charge in [0, 0.05) is 6.42 Å². The van der Waals surface area contributed by atoms with Gasteiger partial charge in [-0.25, -0.2) is 0 Å². The molecule has 22 heavy (non-hydrogen) atoms. The summed E-state index contributed by atoms with van der Waals surface area (Å²) < 4.78 is 11.2. The second kappa shape index (κ2) is 6.74. The molecule has 1 aromatic carbocycles. The summed E-state index contributed by atoms with van der Waals surface area (Å²) in [5.74, 6) is 0.965. The first kappa shape index (κ1) is 14.8. The highest BCUT2D eigenvalue weighted by atomic mass is 32.1. The predicted molar refractivity (Wildman–Crippen MR) is 83.5 cm³/mol. The van der Waals surface area contributed by atoms with Crippen LogP contribution in [0.25, 0.3) is 0 Å². The summed E-state index contributed by atoms with van der Waals surface area (Å²) in [5.41, 5.74) is 0. The number of para-hydroxylation sites is 2. The monoisotopic (exact) mass is 319 g/mol. The third-order valence-electron chi connectivity index (χ3n) is 3.24. The number of aromatic nitrogens is 2. The Labute approximate surface area is 132 Å². The molecule has 116 valence electrons. The number of nitrogens with zero attached hydrogens (tertiary/aromatic N) is 2. The van der Waals surface area contributed by atoms with Crippen LogP contribution in [0.1, 0.15) is 24.8 Å². The minimum Gasteiger partial charge on any atom is -0.485 e. The molecule has 0 spiro atoms. The number of carbonyl (C=O) groups excluding carboxylic acids is 1. The zero-order valence-corrected chi connectivity index (χ0v) is 13.1. The van der Waals surface area contributed by atoms with Gasteiger partial charge >= 0.3 is 0 Å². The van der Waals surface area contributed by atoms with Crippen molar-refractivity contribution in [3.8, 4) is 11.5 Å². The highest BCUT2D eigenvalue weighted by Gasteiger charge is 2.27. The maximum Gasteiger partial charge on any atom is 0.270 e. The van der Waals surface area contributed by atoms with Crippen LogP contribution in [0.3, 0.4) is 0 Å². The van der Waals surface area contributed by atoms with Crippen LogP contribution in [0.4, 0.5) is 5.13 Å². The fourth-order valence-electron chi connectivity index (χ4n) is 2.07. The van der Waals surface area contributed by atoms with E-state index in [2.05, 4.69) is 22.4 Å². The van der Waals surface area contributed by atoms with Crippen LogP contribution in [0, 0.1) is 0 Å². The number of amides is 1. The first-order valence-electron chi connectivity index (χ1n) is 7.28. The number of unbranched alkanes of at least 4 members (excludes halogenated alkanes) is 1. The third kappa shape index (κ3) is 3.36. The molecule has 7 heteroatoms. The molecule has 0 saturated carbocycles. The number of ether oxygens (including phenoxy) is 2. The second-order valence-electron chi connectivity index (χ2n) is 4.96. The van der Waals surface area contributed by atoms with E-state index in [1.54, 1.807) is 6.07 Å². The summed E-state index contributed by atoms with van der Waals surface area (Å²) >= 11 is 1.40. The Morgan fingerprint density at radius 3 is 3.00 bits per heavy atom. The average molecular weight is 319 g/mol. The first-order valence-corrected chi connectivity index (χ1v) is 8.09. The van der Waals surface area contributed by atoms with Gasteiger partial charge in [0.2, 0.25) is 11.2 Å². The number of nitrogens with one attached hydrogen (secondary N) is 1. The van der Waals surface area contributed by atoms with Gasteiger partial charge in [-0.2, -0.15) is 0 Å². The van der Waals surface area contributed by atoms with Crippen LogP contribution in [0.5, 0.6) is 11.5 Å². The molecule has 1 atom stereocenters. The minimum atomic E-state index is -0.683. The van der Waals surface area contributed by atoms with Crippen LogP contribution in [0.2, 0.25) is 0 Å². The third-order valence-corrected chi connectivity index (χ3v) is 4.14. The standard InChI is InChI=1S/C15H17N3O3S/c1-2-3-8-13-17-18-15(22-13)16-14(19)12-9-20-10-6-4-5-7-11(10)21-12/h4-7,12H,2-3,8-9H2,1H3,(H,16,18,19)/t12-/m0/s1. The van der Waals surface area contributed by atoms with Crippen LogP contribution in [0.15, 0.2) is 24.3 Å². The zero-order valence-electron chi connectivity index (χ0n) is 12.2. The highest BCUT2D eigenvalue weighted by molar-refractivity contribution is 7.15. The predicted octanol–water partition coefficient (Wildman–Crippen LogP) is 2.66. The van der Waals surface area contributed by atoms with E-state index in [4.69, 9.17) is 9.47 Å². The van der Waals surface area contributed by atoms with E-state index < -0.39 is 6.10 Å². The molecule has 0 fully saturated rings. The molecule has 0 aliphatic carbocycles. The van der Waals surface area contributed by atoms with Crippen molar-refractivity contribution in [1.82, 2.24) is 10.2 Å². The Morgan fingerprint density at radius 1 is 1.36 bits per heavy atom. The van der Waals surface area contributed by atoms with Crippen LogP contribution < -0.4 is 14.8 Å². The van der Waals surface area contributed by atoms with Crippen molar-refractivity contribution >= 4 is 22.4 Å². The summed E-state index contributed by atoms with van der Waals surface area (Å²) in [4.78, 5) is 12.2. The van der Waals surface area contributed by atoms with Crippen LogP contribution in [-0.2, 0) is 11.2 Å². The van der Waals surface area contributed by atoms with Crippen molar-refractivity contribution < 1.29 is 14.3 Å². The number of anilines is 1. The van der Waals surface area contributed by atoms with Crippen LogP contribution in [-0.4, -0.2) is 28.8 Å². The van der Waals surface area contributed by atoms with E-state index in [1.165, 1.54) is 11.3 Å². The molecule has 1 N–H and O–H groups in total.